The van der Waals surface area contributed by atoms with Gasteiger partial charge in [0.1, 0.15) is 5.41 Å². The molecule has 0 fully saturated rings. The van der Waals surface area contributed by atoms with Crippen molar-refractivity contribution in [2.24, 2.45) is 4.99 Å². The van der Waals surface area contributed by atoms with Gasteiger partial charge >= 0.3 is 6.18 Å². The van der Waals surface area contributed by atoms with Crippen molar-refractivity contribution in [2.75, 3.05) is 0 Å². The molecule has 22 heavy (non-hydrogen) atoms. The number of rotatable bonds is 1. The van der Waals surface area contributed by atoms with E-state index in [0.29, 0.717) is 11.3 Å². The summed E-state index contributed by atoms with van der Waals surface area (Å²) in [6.07, 6.45) is -3.51. The van der Waals surface area contributed by atoms with Crippen molar-refractivity contribution in [2.45, 2.75) is 18.0 Å². The molecule has 0 aliphatic carbocycles. The Morgan fingerprint density at radius 3 is 2.41 bits per heavy atom. The van der Waals surface area contributed by atoms with E-state index in [9.17, 15) is 13.2 Å². The molecular formula is C16H10BrF3IN. The number of halogens is 5. The van der Waals surface area contributed by atoms with Crippen LogP contribution in [0.5, 0.6) is 0 Å². The predicted molar refractivity (Wildman–Crippen MR) is 92.9 cm³/mol. The standard InChI is InChI=1S/C16H10BrF3IN/c17-12-3-6-14-10(7-12)8-15(9-22-14,16(18,19)20)11-1-4-13(21)5-2-11/h1-7,9H,8H2/t15-/m0/s1. The van der Waals surface area contributed by atoms with Crippen molar-refractivity contribution in [3.8, 4) is 0 Å². The highest BCUT2D eigenvalue weighted by molar-refractivity contribution is 14.1. The Kier molecular flexibility index (Phi) is 4.09. The minimum atomic E-state index is -4.41. The third-order valence-corrected chi connectivity index (χ3v) is 5.01. The summed E-state index contributed by atoms with van der Waals surface area (Å²) in [6, 6.07) is 11.7. The van der Waals surface area contributed by atoms with Gasteiger partial charge in [-0.05, 0) is 70.5 Å². The largest absolute Gasteiger partial charge is 0.403 e. The summed E-state index contributed by atoms with van der Waals surface area (Å²) in [7, 11) is 0. The minimum Gasteiger partial charge on any atom is -0.260 e. The van der Waals surface area contributed by atoms with Crippen LogP contribution in [0.2, 0.25) is 0 Å². The Morgan fingerprint density at radius 1 is 1.09 bits per heavy atom. The minimum absolute atomic E-state index is 0.143. The van der Waals surface area contributed by atoms with Gasteiger partial charge < -0.3 is 0 Å². The van der Waals surface area contributed by atoms with Gasteiger partial charge in [0.15, 0.2) is 0 Å². The monoisotopic (exact) mass is 479 g/mol. The lowest BCUT2D eigenvalue weighted by atomic mass is 9.74. The molecule has 0 saturated carbocycles. The first-order chi connectivity index (χ1) is 10.3. The highest BCUT2D eigenvalue weighted by atomic mass is 127. The molecule has 114 valence electrons. The molecule has 0 bridgehead atoms. The second-order valence-electron chi connectivity index (χ2n) is 5.18. The molecule has 0 saturated heterocycles. The Hall–Kier alpha value is -0.890. The van der Waals surface area contributed by atoms with Crippen LogP contribution in [0.4, 0.5) is 18.9 Å². The molecule has 1 nitrogen and oxygen atoms in total. The SMILES string of the molecule is FC(F)(F)[C@]1(c2ccc(I)cc2)C=Nc2ccc(Br)cc2C1. The zero-order valence-electron chi connectivity index (χ0n) is 11.2. The van der Waals surface area contributed by atoms with Gasteiger partial charge in [0.05, 0.1) is 5.69 Å². The molecule has 0 unspecified atom stereocenters. The van der Waals surface area contributed by atoms with E-state index in [2.05, 4.69) is 43.5 Å². The van der Waals surface area contributed by atoms with Crippen molar-refractivity contribution in [1.29, 1.82) is 0 Å². The summed E-state index contributed by atoms with van der Waals surface area (Å²) >= 11 is 5.39. The van der Waals surface area contributed by atoms with Crippen molar-refractivity contribution < 1.29 is 13.2 Å². The Morgan fingerprint density at radius 2 is 1.77 bits per heavy atom. The molecule has 0 aromatic heterocycles. The lowest BCUT2D eigenvalue weighted by Crippen LogP contribution is -2.47. The van der Waals surface area contributed by atoms with Gasteiger partial charge in [-0.25, -0.2) is 0 Å². The van der Waals surface area contributed by atoms with Crippen LogP contribution in [0, 0.1) is 3.57 Å². The van der Waals surface area contributed by atoms with Crippen molar-refractivity contribution in [3.63, 3.8) is 0 Å². The number of alkyl halides is 3. The molecule has 0 amide bonds. The molecule has 1 aliphatic heterocycles. The summed E-state index contributed by atoms with van der Waals surface area (Å²) in [5, 5.41) is 0. The maximum Gasteiger partial charge on any atom is 0.403 e. The van der Waals surface area contributed by atoms with Crippen LogP contribution in [0.3, 0.4) is 0 Å². The van der Waals surface area contributed by atoms with Crippen LogP contribution in [-0.4, -0.2) is 12.4 Å². The Labute approximate surface area is 147 Å². The number of benzene rings is 2. The maximum absolute atomic E-state index is 13.9. The fourth-order valence-corrected chi connectivity index (χ4v) is 3.38. The Balaban J connectivity index is 2.16. The fourth-order valence-electron chi connectivity index (χ4n) is 2.61. The van der Waals surface area contributed by atoms with E-state index in [1.165, 1.54) is 12.1 Å². The summed E-state index contributed by atoms with van der Waals surface area (Å²) < 4.78 is 43.3. The first-order valence-electron chi connectivity index (χ1n) is 6.48. The molecular weight excluding hydrogens is 470 g/mol. The predicted octanol–water partition coefficient (Wildman–Crippen LogP) is 5.81. The number of hydrogen-bond acceptors (Lipinski definition) is 1. The lowest BCUT2D eigenvalue weighted by molar-refractivity contribution is -0.168. The van der Waals surface area contributed by atoms with E-state index in [-0.39, 0.29) is 12.0 Å². The van der Waals surface area contributed by atoms with Gasteiger partial charge in [-0.2, -0.15) is 13.2 Å². The first-order valence-corrected chi connectivity index (χ1v) is 8.35. The van der Waals surface area contributed by atoms with E-state index in [1.807, 2.05) is 0 Å². The van der Waals surface area contributed by atoms with Gasteiger partial charge in [-0.15, -0.1) is 0 Å². The molecule has 1 atom stereocenters. The molecule has 2 aromatic carbocycles. The molecule has 2 aromatic rings. The number of nitrogens with zero attached hydrogens (tertiary/aromatic N) is 1. The smallest absolute Gasteiger partial charge is 0.260 e. The first kappa shape index (κ1) is 16.0. The van der Waals surface area contributed by atoms with Crippen molar-refractivity contribution in [1.82, 2.24) is 0 Å². The molecule has 0 N–H and O–H groups in total. The third-order valence-electron chi connectivity index (χ3n) is 3.80. The molecule has 0 spiro atoms. The highest BCUT2D eigenvalue weighted by Gasteiger charge is 2.56. The van der Waals surface area contributed by atoms with Crippen molar-refractivity contribution in [3.05, 3.63) is 61.6 Å². The lowest BCUT2D eigenvalue weighted by Gasteiger charge is -2.35. The van der Waals surface area contributed by atoms with E-state index in [4.69, 9.17) is 0 Å². The fraction of sp³-hybridized carbons (Fsp3) is 0.188. The summed E-state index contributed by atoms with van der Waals surface area (Å²) in [5.74, 6) is 0. The van der Waals surface area contributed by atoms with Crippen LogP contribution < -0.4 is 0 Å². The quantitative estimate of drug-likeness (QED) is 0.457. The molecule has 0 radical (unpaired) electrons. The van der Waals surface area contributed by atoms with Gasteiger partial charge in [-0.1, -0.05) is 28.1 Å². The second kappa shape index (κ2) is 5.63. The number of fused-ring (bicyclic) bond motifs is 1. The zero-order valence-corrected chi connectivity index (χ0v) is 14.9. The van der Waals surface area contributed by atoms with Gasteiger partial charge in [-0.3, -0.25) is 4.99 Å². The molecule has 6 heteroatoms. The number of hydrogen-bond donors (Lipinski definition) is 0. The maximum atomic E-state index is 13.9. The normalized spacial score (nSPS) is 20.8. The second-order valence-corrected chi connectivity index (χ2v) is 7.35. The third kappa shape index (κ3) is 2.71. The molecule has 3 rings (SSSR count). The average Bonchev–Trinajstić information content (AvgIpc) is 2.46. The zero-order chi connectivity index (χ0) is 16.0. The van der Waals surface area contributed by atoms with Crippen molar-refractivity contribution >= 4 is 50.4 Å². The van der Waals surface area contributed by atoms with Gasteiger partial charge in [0, 0.05) is 14.3 Å². The van der Waals surface area contributed by atoms with Gasteiger partial charge in [0.25, 0.3) is 0 Å². The summed E-state index contributed by atoms with van der Waals surface area (Å²) in [4.78, 5) is 4.09. The number of aliphatic imine (C=N–C) groups is 1. The van der Waals surface area contributed by atoms with E-state index < -0.39 is 11.6 Å². The average molecular weight is 480 g/mol. The summed E-state index contributed by atoms with van der Waals surface area (Å²) in [5.41, 5.74) is -0.679. The summed E-state index contributed by atoms with van der Waals surface area (Å²) in [6.45, 7) is 0. The van der Waals surface area contributed by atoms with Gasteiger partial charge in [0.2, 0.25) is 0 Å². The van der Waals surface area contributed by atoms with E-state index >= 15 is 0 Å². The van der Waals surface area contributed by atoms with Crippen LogP contribution >= 0.6 is 38.5 Å². The molecule has 1 aliphatic rings. The van der Waals surface area contributed by atoms with Crippen LogP contribution in [0.1, 0.15) is 11.1 Å². The van der Waals surface area contributed by atoms with E-state index in [1.54, 1.807) is 30.3 Å². The van der Waals surface area contributed by atoms with E-state index in [0.717, 1.165) is 14.3 Å². The van der Waals surface area contributed by atoms with Crippen LogP contribution in [-0.2, 0) is 11.8 Å². The van der Waals surface area contributed by atoms with Crippen LogP contribution in [0.25, 0.3) is 0 Å². The van der Waals surface area contributed by atoms with Crippen LogP contribution in [0.15, 0.2) is 51.9 Å². The topological polar surface area (TPSA) is 12.4 Å². The highest BCUT2D eigenvalue weighted by Crippen LogP contribution is 2.46. The molecule has 1 heterocycles. The Bertz CT molecular complexity index is 740.